The molecule has 324 valence electrons. The van der Waals surface area contributed by atoms with E-state index in [1.165, 1.54) is 16.7 Å². The van der Waals surface area contributed by atoms with E-state index in [0.29, 0.717) is 0 Å². The molecular formula is C60H58FeN4+2. The minimum Gasteiger partial charge on any atom is -0.355 e. The summed E-state index contributed by atoms with van der Waals surface area (Å²) >= 11 is 0. The van der Waals surface area contributed by atoms with Crippen LogP contribution in [0.4, 0.5) is 0 Å². The Kier molecular flexibility index (Phi) is 13.2. The maximum Gasteiger partial charge on any atom is 2.00 e. The molecule has 0 saturated heterocycles. The van der Waals surface area contributed by atoms with E-state index in [0.717, 1.165) is 89.7 Å². The van der Waals surface area contributed by atoms with Gasteiger partial charge in [-0.15, -0.1) is 0 Å². The molecule has 10 rings (SSSR count). The molecule has 2 fully saturated rings. The molecule has 0 amide bonds. The fourth-order valence-electron chi connectivity index (χ4n) is 8.69. The summed E-state index contributed by atoms with van der Waals surface area (Å²) in [5.41, 5.74) is 19.2. The summed E-state index contributed by atoms with van der Waals surface area (Å²) in [5, 5.41) is 0. The van der Waals surface area contributed by atoms with E-state index in [1.807, 2.05) is 32.1 Å². The summed E-state index contributed by atoms with van der Waals surface area (Å²) in [6.07, 6.45) is 27.2. The average molecular weight is 891 g/mol. The molecule has 5 heterocycles. The van der Waals surface area contributed by atoms with Crippen molar-refractivity contribution in [3.05, 3.63) is 206 Å². The summed E-state index contributed by atoms with van der Waals surface area (Å²) in [4.78, 5) is 18.8. The van der Waals surface area contributed by atoms with Gasteiger partial charge in [-0.3, -0.25) is 0 Å². The third-order valence-electron chi connectivity index (χ3n) is 12.4. The van der Waals surface area contributed by atoms with Crippen LogP contribution in [-0.2, 0) is 33.3 Å². The Balaban J connectivity index is 0.000000900. The van der Waals surface area contributed by atoms with Gasteiger partial charge in [0, 0.05) is 50.2 Å². The second kappa shape index (κ2) is 18.6. The minimum absolute atomic E-state index is 0. The predicted molar refractivity (Wildman–Crippen MR) is 272 cm³/mol. The zero-order chi connectivity index (χ0) is 44.8. The zero-order valence-corrected chi connectivity index (χ0v) is 40.1. The molecule has 0 unspecified atom stereocenters. The number of nitrogens with one attached hydrogen (secondary N) is 2. The van der Waals surface area contributed by atoms with Crippen molar-refractivity contribution < 1.29 is 17.1 Å². The maximum atomic E-state index is 5.52. The van der Waals surface area contributed by atoms with Crippen LogP contribution in [0.25, 0.3) is 79.8 Å². The third-order valence-corrected chi connectivity index (χ3v) is 12.4. The van der Waals surface area contributed by atoms with Crippen molar-refractivity contribution in [2.24, 2.45) is 0 Å². The van der Waals surface area contributed by atoms with Crippen LogP contribution in [0.2, 0.25) is 0 Å². The fourth-order valence-corrected chi connectivity index (χ4v) is 8.69. The van der Waals surface area contributed by atoms with E-state index in [4.69, 9.17) is 9.97 Å². The molecule has 4 nitrogen and oxygen atoms in total. The quantitative estimate of drug-likeness (QED) is 0.173. The Morgan fingerprint density at radius 3 is 0.862 bits per heavy atom. The zero-order valence-electron chi connectivity index (χ0n) is 39.0. The number of aromatic nitrogens is 4. The van der Waals surface area contributed by atoms with Gasteiger partial charge in [0.25, 0.3) is 0 Å². The van der Waals surface area contributed by atoms with Gasteiger partial charge in [-0.2, -0.15) is 0 Å². The van der Waals surface area contributed by atoms with Crippen LogP contribution < -0.4 is 0 Å². The molecule has 5 heteroatoms. The van der Waals surface area contributed by atoms with E-state index >= 15 is 0 Å². The second-order valence-electron chi connectivity index (χ2n) is 20.1. The Morgan fingerprint density at radius 1 is 0.323 bits per heavy atom. The van der Waals surface area contributed by atoms with Gasteiger partial charge in [0.05, 0.1) is 22.8 Å². The van der Waals surface area contributed by atoms with Crippen LogP contribution in [0.1, 0.15) is 107 Å². The summed E-state index contributed by atoms with van der Waals surface area (Å²) in [6, 6.07) is 35.8. The van der Waals surface area contributed by atoms with E-state index in [1.54, 1.807) is 0 Å². The molecule has 10 radical (unpaired) electrons. The topological polar surface area (TPSA) is 57.4 Å². The first-order valence-corrected chi connectivity index (χ1v) is 22.5. The van der Waals surface area contributed by atoms with Crippen molar-refractivity contribution in [3.8, 4) is 33.4 Å². The van der Waals surface area contributed by atoms with Crippen LogP contribution >= 0.6 is 0 Å². The molecule has 3 aromatic heterocycles. The number of rotatable bonds is 4. The van der Waals surface area contributed by atoms with Crippen LogP contribution in [0, 0.1) is 63.7 Å². The first-order chi connectivity index (χ1) is 30.6. The number of benzene rings is 3. The molecule has 8 bridgehead atoms. The van der Waals surface area contributed by atoms with Crippen LogP contribution in [0.5, 0.6) is 0 Å². The summed E-state index contributed by atoms with van der Waals surface area (Å²) in [5.74, 6) is 1.11. The Labute approximate surface area is 399 Å². The summed E-state index contributed by atoms with van der Waals surface area (Å²) in [7, 11) is 0. The molecular weight excluding hydrogens is 833 g/mol. The van der Waals surface area contributed by atoms with E-state index in [9.17, 15) is 0 Å². The molecule has 6 aromatic rings. The first-order valence-electron chi connectivity index (χ1n) is 22.5. The molecule has 2 aliphatic heterocycles. The van der Waals surface area contributed by atoms with Gasteiger partial charge < -0.3 is 9.97 Å². The van der Waals surface area contributed by atoms with Crippen molar-refractivity contribution in [1.82, 2.24) is 19.9 Å². The van der Waals surface area contributed by atoms with Crippen molar-refractivity contribution in [2.75, 3.05) is 0 Å². The van der Waals surface area contributed by atoms with E-state index in [2.05, 4.69) is 219 Å². The van der Waals surface area contributed by atoms with Crippen molar-refractivity contribution >= 4 is 46.4 Å². The molecule has 0 atom stereocenters. The molecule has 0 spiro atoms. The molecule has 2 N–H and O–H groups in total. The van der Waals surface area contributed by atoms with Gasteiger partial charge >= 0.3 is 17.1 Å². The van der Waals surface area contributed by atoms with Crippen LogP contribution in [0.15, 0.2) is 97.1 Å². The standard InChI is InChI=1S/C55H53N4.C5H5.Fe/c1-53(2,3)38-20-14-35(15-21-38)50-43-28-26-41(56-43)49(34-12-10-11-13-34)42-27-29-44(57-42)51(36-16-22-39(23-17-36)54(4,5)6)46-31-33-48(59-46)52(47-32-30-45(50)58-47)37-18-24-40(25-19-37)55(7,8)9;1-2-4-5-3-1;/h10-33,56,59H,1-9H3;1-5H;/q;;+2. The summed E-state index contributed by atoms with van der Waals surface area (Å²) in [6.45, 7) is 20.3. The van der Waals surface area contributed by atoms with E-state index < -0.39 is 0 Å². The van der Waals surface area contributed by atoms with Crippen molar-refractivity contribution in [1.29, 1.82) is 0 Å². The smallest absolute Gasteiger partial charge is 0.355 e. The number of hydrogen-bond acceptors (Lipinski definition) is 2. The van der Waals surface area contributed by atoms with E-state index in [-0.39, 0.29) is 33.3 Å². The van der Waals surface area contributed by atoms with Gasteiger partial charge in [-0.05, 0) is 156 Å². The number of aromatic amines is 2. The monoisotopic (exact) mass is 890 g/mol. The minimum atomic E-state index is 0. The van der Waals surface area contributed by atoms with Gasteiger partial charge in [-0.25, -0.2) is 9.97 Å². The second-order valence-corrected chi connectivity index (χ2v) is 20.1. The Morgan fingerprint density at radius 2 is 0.585 bits per heavy atom. The normalized spacial score (nSPS) is 15.2. The number of fused-ring (bicyclic) bond motifs is 8. The fraction of sp³-hybridized carbons (Fsp3) is 0.200. The SMILES string of the molecule is CC(C)(C)c1ccc(-c2c3nc(c(-c4ccc(C(C)(C)C)cc4)c4ccc([nH]4)c(-c4ccc(C(C)(C)C)cc4)c4nc(c([C]5[CH][CH][CH][CH]5)c5ccc2[nH]5)C=C4)C=C3)cc1.[CH]1[CH][CH][CH][CH]1.[Fe+2]. The molecule has 3 aromatic carbocycles. The van der Waals surface area contributed by atoms with Gasteiger partial charge in [0.1, 0.15) is 0 Å². The molecule has 2 saturated carbocycles. The van der Waals surface area contributed by atoms with Crippen LogP contribution in [-0.4, -0.2) is 19.9 Å². The number of nitrogens with zero attached hydrogens (tertiary/aromatic N) is 2. The maximum absolute atomic E-state index is 5.52. The largest absolute Gasteiger partial charge is 2.00 e. The first kappa shape index (κ1) is 46.3. The number of hydrogen-bond donors (Lipinski definition) is 2. The predicted octanol–water partition coefficient (Wildman–Crippen LogP) is 15.3. The molecule has 4 aliphatic rings. The molecule has 65 heavy (non-hydrogen) atoms. The van der Waals surface area contributed by atoms with Crippen molar-refractivity contribution in [2.45, 2.75) is 78.6 Å². The van der Waals surface area contributed by atoms with Gasteiger partial charge in [0.2, 0.25) is 0 Å². The van der Waals surface area contributed by atoms with Gasteiger partial charge in [-0.1, -0.05) is 135 Å². The third kappa shape index (κ3) is 9.84. The van der Waals surface area contributed by atoms with Crippen molar-refractivity contribution in [3.63, 3.8) is 0 Å². The molecule has 2 aliphatic carbocycles. The summed E-state index contributed by atoms with van der Waals surface area (Å²) < 4.78 is 0. The Bertz CT molecular complexity index is 2810. The van der Waals surface area contributed by atoms with Crippen LogP contribution in [0.3, 0.4) is 0 Å². The van der Waals surface area contributed by atoms with Gasteiger partial charge in [0.15, 0.2) is 0 Å². The number of H-pyrrole nitrogens is 2. The average Bonchev–Trinajstić information content (AvgIpc) is 4.12. The Hall–Kier alpha value is -5.22.